The van der Waals surface area contributed by atoms with Crippen LogP contribution in [0.4, 0.5) is 16.2 Å². The van der Waals surface area contributed by atoms with Crippen LogP contribution >= 0.6 is 0 Å². The minimum Gasteiger partial charge on any atom is -0.452 e. The zero-order chi connectivity index (χ0) is 21.4. The molecule has 0 saturated carbocycles. The van der Waals surface area contributed by atoms with Crippen molar-refractivity contribution in [3.8, 4) is 0 Å². The average molecular weight is 404 g/mol. The van der Waals surface area contributed by atoms with E-state index in [-0.39, 0.29) is 17.8 Å². The van der Waals surface area contributed by atoms with E-state index in [4.69, 9.17) is 4.74 Å². The second-order valence-corrected chi connectivity index (χ2v) is 6.78. The third-order valence-electron chi connectivity index (χ3n) is 4.40. The summed E-state index contributed by atoms with van der Waals surface area (Å²) in [5.41, 5.74) is 0.214. The Morgan fingerprint density at radius 3 is 2.83 bits per heavy atom. The van der Waals surface area contributed by atoms with Gasteiger partial charge in [0.15, 0.2) is 6.61 Å². The number of rotatable bonds is 7. The third kappa shape index (κ3) is 6.30. The molecule has 2 N–H and O–H groups in total. The summed E-state index contributed by atoms with van der Waals surface area (Å²) < 4.78 is 4.85. The number of piperidine rings is 1. The molecule has 1 aliphatic rings. The maximum absolute atomic E-state index is 12.2. The lowest BCUT2D eigenvalue weighted by atomic mass is 9.99. The quantitative estimate of drug-likeness (QED) is 0.307. The monoisotopic (exact) mass is 404 g/mol. The Morgan fingerprint density at radius 1 is 1.41 bits per heavy atom. The number of ether oxygens (including phenoxy) is 1. The number of nitrogens with one attached hydrogen (secondary N) is 2. The zero-order valence-corrected chi connectivity index (χ0v) is 16.2. The van der Waals surface area contributed by atoms with Crippen LogP contribution in [-0.4, -0.2) is 49.1 Å². The van der Waals surface area contributed by atoms with Crippen molar-refractivity contribution in [2.45, 2.75) is 19.8 Å². The molecular formula is C19H24N4O6. The van der Waals surface area contributed by atoms with Gasteiger partial charge in [-0.1, -0.05) is 13.0 Å². The molecule has 1 fully saturated rings. The fraction of sp³-hybridized carbons (Fsp3) is 0.421. The van der Waals surface area contributed by atoms with Gasteiger partial charge in [0, 0.05) is 25.7 Å². The van der Waals surface area contributed by atoms with E-state index in [0.717, 1.165) is 18.9 Å². The van der Waals surface area contributed by atoms with Crippen molar-refractivity contribution in [1.82, 2.24) is 10.6 Å². The molecule has 0 spiro atoms. The average Bonchev–Trinajstić information content (AvgIpc) is 2.70. The van der Waals surface area contributed by atoms with Crippen molar-refractivity contribution >= 4 is 29.3 Å². The van der Waals surface area contributed by atoms with Gasteiger partial charge in [0.2, 0.25) is 0 Å². The van der Waals surface area contributed by atoms with Crippen molar-refractivity contribution in [3.05, 3.63) is 46.5 Å². The van der Waals surface area contributed by atoms with Gasteiger partial charge in [0.25, 0.3) is 11.6 Å². The maximum atomic E-state index is 12.2. The summed E-state index contributed by atoms with van der Waals surface area (Å²) >= 11 is 0. The lowest BCUT2D eigenvalue weighted by Gasteiger charge is -2.32. The number of anilines is 1. The van der Waals surface area contributed by atoms with E-state index in [0.29, 0.717) is 24.7 Å². The van der Waals surface area contributed by atoms with Crippen LogP contribution in [0, 0.1) is 16.0 Å². The molecule has 1 aliphatic heterocycles. The number of nitro groups is 1. The number of amides is 3. The number of carbonyl (C=O) groups is 3. The predicted molar refractivity (Wildman–Crippen MR) is 106 cm³/mol. The first-order chi connectivity index (χ1) is 13.8. The number of nitro benzene ring substituents is 1. The highest BCUT2D eigenvalue weighted by atomic mass is 16.6. The van der Waals surface area contributed by atoms with Crippen LogP contribution in [0.5, 0.6) is 0 Å². The number of hydrogen-bond acceptors (Lipinski definition) is 7. The number of imide groups is 1. The summed E-state index contributed by atoms with van der Waals surface area (Å²) in [6, 6.07) is 3.35. The molecule has 29 heavy (non-hydrogen) atoms. The second kappa shape index (κ2) is 10.2. The second-order valence-electron chi connectivity index (χ2n) is 6.78. The van der Waals surface area contributed by atoms with Gasteiger partial charge in [-0.05, 0) is 30.9 Å². The van der Waals surface area contributed by atoms with Gasteiger partial charge in [0.05, 0.1) is 10.5 Å². The lowest BCUT2D eigenvalue weighted by Crippen LogP contribution is -2.41. The van der Waals surface area contributed by atoms with E-state index in [9.17, 15) is 24.5 Å². The molecule has 1 aromatic carbocycles. The van der Waals surface area contributed by atoms with Gasteiger partial charge in [-0.25, -0.2) is 9.59 Å². The molecule has 2 rings (SSSR count). The fourth-order valence-electron chi connectivity index (χ4n) is 3.06. The summed E-state index contributed by atoms with van der Waals surface area (Å²) in [5, 5.41) is 15.8. The Hall–Kier alpha value is -3.43. The lowest BCUT2D eigenvalue weighted by molar-refractivity contribution is -0.384. The first-order valence-corrected chi connectivity index (χ1v) is 9.21. The van der Waals surface area contributed by atoms with Crippen LogP contribution in [0.3, 0.4) is 0 Å². The van der Waals surface area contributed by atoms with Crippen molar-refractivity contribution in [3.63, 3.8) is 0 Å². The van der Waals surface area contributed by atoms with Gasteiger partial charge in [-0.3, -0.25) is 20.2 Å². The number of benzene rings is 1. The minimum atomic E-state index is -0.895. The molecule has 3 amide bonds. The van der Waals surface area contributed by atoms with Crippen molar-refractivity contribution in [1.29, 1.82) is 0 Å². The fourth-order valence-corrected chi connectivity index (χ4v) is 3.06. The molecule has 1 aromatic rings. The Morgan fingerprint density at radius 2 is 2.17 bits per heavy atom. The highest BCUT2D eigenvalue weighted by molar-refractivity contribution is 5.97. The van der Waals surface area contributed by atoms with Gasteiger partial charge in [-0.2, -0.15) is 0 Å². The molecule has 0 unspecified atom stereocenters. The molecule has 1 saturated heterocycles. The van der Waals surface area contributed by atoms with Crippen LogP contribution in [0.2, 0.25) is 0 Å². The van der Waals surface area contributed by atoms with Crippen molar-refractivity contribution < 1.29 is 24.0 Å². The molecule has 156 valence electrons. The predicted octanol–water partition coefficient (Wildman–Crippen LogP) is 2.00. The molecule has 0 aliphatic carbocycles. The smallest absolute Gasteiger partial charge is 0.338 e. The number of carbonyl (C=O) groups excluding carboxylic acids is 3. The van der Waals surface area contributed by atoms with E-state index < -0.39 is 29.4 Å². The van der Waals surface area contributed by atoms with E-state index in [2.05, 4.69) is 18.8 Å². The maximum Gasteiger partial charge on any atom is 0.338 e. The normalized spacial score (nSPS) is 15.9. The summed E-state index contributed by atoms with van der Waals surface area (Å²) in [5.74, 6) is -1.29. The van der Waals surface area contributed by atoms with Gasteiger partial charge in [-0.15, -0.1) is 6.58 Å². The highest BCUT2D eigenvalue weighted by Crippen LogP contribution is 2.32. The first kappa shape index (κ1) is 21.9. The summed E-state index contributed by atoms with van der Waals surface area (Å²) in [7, 11) is 0. The van der Waals surface area contributed by atoms with Crippen LogP contribution in [0.25, 0.3) is 0 Å². The number of esters is 1. The first-order valence-electron chi connectivity index (χ1n) is 9.21. The van der Waals surface area contributed by atoms with Crippen LogP contribution in [0.15, 0.2) is 30.9 Å². The third-order valence-corrected chi connectivity index (χ3v) is 4.40. The highest BCUT2D eigenvalue weighted by Gasteiger charge is 2.25. The Bertz CT molecular complexity index is 810. The van der Waals surface area contributed by atoms with Crippen molar-refractivity contribution in [2.75, 3.05) is 31.1 Å². The molecule has 1 atom stereocenters. The number of hydrogen-bond donors (Lipinski definition) is 2. The molecule has 10 nitrogen and oxygen atoms in total. The topological polar surface area (TPSA) is 131 Å². The van der Waals surface area contributed by atoms with E-state index in [1.807, 2.05) is 10.2 Å². The summed E-state index contributed by atoms with van der Waals surface area (Å²) in [6.45, 7) is 6.40. The van der Waals surface area contributed by atoms with Crippen LogP contribution in [-0.2, 0) is 9.53 Å². The van der Waals surface area contributed by atoms with Gasteiger partial charge in [0.1, 0.15) is 5.69 Å². The number of nitrogens with zero attached hydrogens (tertiary/aromatic N) is 2. The SMILES string of the molecule is C=CCNC(=O)NC(=O)COC(=O)c1ccc(N2CCC[C@@H](C)C2)c([N+](=O)[O-])c1. The Kier molecular flexibility index (Phi) is 7.70. The molecular weight excluding hydrogens is 380 g/mol. The molecule has 0 radical (unpaired) electrons. The Balaban J connectivity index is 2.02. The molecule has 1 heterocycles. The van der Waals surface area contributed by atoms with Crippen LogP contribution in [0.1, 0.15) is 30.1 Å². The molecule has 0 aromatic heterocycles. The van der Waals surface area contributed by atoms with Crippen molar-refractivity contribution in [2.24, 2.45) is 5.92 Å². The van der Waals surface area contributed by atoms with E-state index in [1.165, 1.54) is 18.2 Å². The number of urea groups is 1. The van der Waals surface area contributed by atoms with E-state index in [1.54, 1.807) is 0 Å². The molecule has 0 bridgehead atoms. The van der Waals surface area contributed by atoms with E-state index >= 15 is 0 Å². The summed E-state index contributed by atoms with van der Waals surface area (Å²) in [6.07, 6.45) is 3.45. The minimum absolute atomic E-state index is 0.0468. The Labute approximate surface area is 168 Å². The molecule has 10 heteroatoms. The van der Waals surface area contributed by atoms with Gasteiger partial charge >= 0.3 is 12.0 Å². The zero-order valence-electron chi connectivity index (χ0n) is 16.2. The summed E-state index contributed by atoms with van der Waals surface area (Å²) in [4.78, 5) is 48.1. The standard InChI is InChI=1S/C19H24N4O6/c1-3-8-20-19(26)21-17(24)12-29-18(25)14-6-7-15(16(10-14)23(27)28)22-9-4-5-13(2)11-22/h3,6-7,10,13H,1,4-5,8-9,11-12H2,2H3,(H2,20,21,24,26)/t13-/m1/s1. The van der Waals surface area contributed by atoms with Crippen LogP contribution < -0.4 is 15.5 Å². The largest absolute Gasteiger partial charge is 0.452 e. The van der Waals surface area contributed by atoms with Gasteiger partial charge < -0.3 is 15.0 Å².